The molecule has 1 saturated heterocycles. The summed E-state index contributed by atoms with van der Waals surface area (Å²) in [5.74, 6) is 1.06. The van der Waals surface area contributed by atoms with Crippen LogP contribution in [0.4, 0.5) is 0 Å². The number of alkyl halides is 1. The van der Waals surface area contributed by atoms with Crippen molar-refractivity contribution in [2.45, 2.75) is 37.1 Å². The molecular weight excluding hydrogens is 306 g/mol. The Kier molecular flexibility index (Phi) is 4.86. The van der Waals surface area contributed by atoms with Gasteiger partial charge in [-0.05, 0) is 37.0 Å². The molecule has 0 aliphatic carbocycles. The van der Waals surface area contributed by atoms with Gasteiger partial charge in [0, 0.05) is 6.54 Å². The third-order valence-electron chi connectivity index (χ3n) is 3.66. The first-order valence-electron chi connectivity index (χ1n) is 6.76. The summed E-state index contributed by atoms with van der Waals surface area (Å²) in [5.41, 5.74) is 1.20. The highest BCUT2D eigenvalue weighted by molar-refractivity contribution is 9.10. The zero-order valence-electron chi connectivity index (χ0n) is 11.4. The molecule has 1 aromatic carbocycles. The Labute approximate surface area is 123 Å². The number of hydrogen-bond acceptors (Lipinski definition) is 2. The molecule has 0 aromatic heterocycles. The molecular formula is C15H20BrNO2. The standard InChI is InChI=1S/C15H20BrNO2/c1-3-13(16)15(18)17-10-4-5-14(17)11-6-8-12(19-2)9-7-11/h6-9,13-14H,3-5,10H2,1-2H3. The van der Waals surface area contributed by atoms with Crippen LogP contribution in [0, 0.1) is 0 Å². The van der Waals surface area contributed by atoms with Gasteiger partial charge in [0.1, 0.15) is 5.75 Å². The van der Waals surface area contributed by atoms with Crippen molar-refractivity contribution in [2.24, 2.45) is 0 Å². The second-order valence-corrected chi connectivity index (χ2v) is 5.94. The summed E-state index contributed by atoms with van der Waals surface area (Å²) in [6.07, 6.45) is 2.94. The van der Waals surface area contributed by atoms with Crippen LogP contribution < -0.4 is 4.74 Å². The topological polar surface area (TPSA) is 29.5 Å². The highest BCUT2D eigenvalue weighted by Crippen LogP contribution is 2.34. The fourth-order valence-corrected chi connectivity index (χ4v) is 2.82. The number of ether oxygens (including phenoxy) is 1. The number of rotatable bonds is 4. The molecule has 0 N–H and O–H groups in total. The van der Waals surface area contributed by atoms with Crippen molar-refractivity contribution in [1.29, 1.82) is 0 Å². The molecule has 1 amide bonds. The lowest BCUT2D eigenvalue weighted by Crippen LogP contribution is -2.35. The van der Waals surface area contributed by atoms with Crippen molar-refractivity contribution < 1.29 is 9.53 Å². The second-order valence-electron chi connectivity index (χ2n) is 4.84. The average Bonchev–Trinajstić information content (AvgIpc) is 2.95. The SMILES string of the molecule is CCC(Br)C(=O)N1CCCC1c1ccc(OC)cc1. The normalized spacial score (nSPS) is 20.4. The number of nitrogens with zero attached hydrogens (tertiary/aromatic N) is 1. The average molecular weight is 326 g/mol. The molecule has 2 atom stereocenters. The first-order chi connectivity index (χ1) is 9.17. The molecule has 19 heavy (non-hydrogen) atoms. The zero-order valence-corrected chi connectivity index (χ0v) is 13.0. The molecule has 4 heteroatoms. The van der Waals surface area contributed by atoms with Gasteiger partial charge >= 0.3 is 0 Å². The number of carbonyl (C=O) groups is 1. The summed E-state index contributed by atoms with van der Waals surface area (Å²) < 4.78 is 5.17. The Morgan fingerprint density at radius 1 is 1.47 bits per heavy atom. The number of amides is 1. The van der Waals surface area contributed by atoms with Gasteiger partial charge in [-0.1, -0.05) is 35.0 Å². The van der Waals surface area contributed by atoms with Crippen LogP contribution in [0.3, 0.4) is 0 Å². The maximum Gasteiger partial charge on any atom is 0.236 e. The molecule has 0 spiro atoms. The fourth-order valence-electron chi connectivity index (χ4n) is 2.56. The number of carbonyl (C=O) groups excluding carboxylic acids is 1. The maximum atomic E-state index is 12.3. The molecule has 104 valence electrons. The number of likely N-dealkylation sites (tertiary alicyclic amines) is 1. The third kappa shape index (κ3) is 3.11. The lowest BCUT2D eigenvalue weighted by atomic mass is 10.0. The van der Waals surface area contributed by atoms with E-state index in [9.17, 15) is 4.79 Å². The quantitative estimate of drug-likeness (QED) is 0.792. The van der Waals surface area contributed by atoms with Crippen molar-refractivity contribution >= 4 is 21.8 Å². The van der Waals surface area contributed by atoms with Crippen molar-refractivity contribution in [2.75, 3.05) is 13.7 Å². The summed E-state index contributed by atoms with van der Waals surface area (Å²) in [7, 11) is 1.66. The molecule has 1 aliphatic rings. The van der Waals surface area contributed by atoms with Crippen LogP contribution in [-0.2, 0) is 4.79 Å². The van der Waals surface area contributed by atoms with Crippen LogP contribution >= 0.6 is 15.9 Å². The van der Waals surface area contributed by atoms with E-state index < -0.39 is 0 Å². The molecule has 3 nitrogen and oxygen atoms in total. The molecule has 0 saturated carbocycles. The van der Waals surface area contributed by atoms with Gasteiger partial charge in [0.15, 0.2) is 0 Å². The van der Waals surface area contributed by atoms with E-state index in [1.165, 1.54) is 5.56 Å². The first kappa shape index (κ1) is 14.4. The van der Waals surface area contributed by atoms with Gasteiger partial charge in [0.2, 0.25) is 5.91 Å². The minimum absolute atomic E-state index is 0.0636. The van der Waals surface area contributed by atoms with Crippen molar-refractivity contribution in [3.63, 3.8) is 0 Å². The monoisotopic (exact) mass is 325 g/mol. The number of benzene rings is 1. The van der Waals surface area contributed by atoms with Crippen LogP contribution in [0.25, 0.3) is 0 Å². The van der Waals surface area contributed by atoms with Crippen molar-refractivity contribution in [3.8, 4) is 5.75 Å². The van der Waals surface area contributed by atoms with E-state index in [2.05, 4.69) is 28.1 Å². The Bertz CT molecular complexity index is 432. The third-order valence-corrected chi connectivity index (χ3v) is 4.70. The van der Waals surface area contributed by atoms with Crippen molar-refractivity contribution in [1.82, 2.24) is 4.90 Å². The summed E-state index contributed by atoms with van der Waals surface area (Å²) in [4.78, 5) is 14.3. The summed E-state index contributed by atoms with van der Waals surface area (Å²) >= 11 is 3.46. The van der Waals surface area contributed by atoms with Gasteiger partial charge in [-0.25, -0.2) is 0 Å². The Morgan fingerprint density at radius 3 is 2.74 bits per heavy atom. The zero-order chi connectivity index (χ0) is 13.8. The summed E-state index contributed by atoms with van der Waals surface area (Å²) in [6, 6.07) is 8.25. The molecule has 1 heterocycles. The predicted molar refractivity (Wildman–Crippen MR) is 79.7 cm³/mol. The Morgan fingerprint density at radius 2 is 2.16 bits per heavy atom. The molecule has 1 aliphatic heterocycles. The number of halogens is 1. The summed E-state index contributed by atoms with van der Waals surface area (Å²) in [6.45, 7) is 2.88. The van der Waals surface area contributed by atoms with Gasteiger partial charge in [0.25, 0.3) is 0 Å². The molecule has 2 unspecified atom stereocenters. The Balaban J connectivity index is 2.15. The van der Waals surface area contributed by atoms with Crippen LogP contribution in [0.2, 0.25) is 0 Å². The summed E-state index contributed by atoms with van der Waals surface area (Å²) in [5, 5.41) is 0. The van der Waals surface area contributed by atoms with Crippen LogP contribution in [0.1, 0.15) is 37.8 Å². The van der Waals surface area contributed by atoms with E-state index in [0.29, 0.717) is 0 Å². The van der Waals surface area contributed by atoms with Crippen molar-refractivity contribution in [3.05, 3.63) is 29.8 Å². The molecule has 2 rings (SSSR count). The van der Waals surface area contributed by atoms with Gasteiger partial charge in [0.05, 0.1) is 18.0 Å². The van der Waals surface area contributed by atoms with E-state index in [1.54, 1.807) is 7.11 Å². The minimum atomic E-state index is -0.0636. The largest absolute Gasteiger partial charge is 0.497 e. The molecule has 1 fully saturated rings. The Hall–Kier alpha value is -1.03. The van der Waals surface area contributed by atoms with Crippen LogP contribution in [-0.4, -0.2) is 29.3 Å². The first-order valence-corrected chi connectivity index (χ1v) is 7.67. The van der Waals surface area contributed by atoms with Crippen LogP contribution in [0.15, 0.2) is 24.3 Å². The van der Waals surface area contributed by atoms with Gasteiger partial charge in [-0.2, -0.15) is 0 Å². The highest BCUT2D eigenvalue weighted by atomic mass is 79.9. The lowest BCUT2D eigenvalue weighted by molar-refractivity contribution is -0.131. The smallest absolute Gasteiger partial charge is 0.236 e. The lowest BCUT2D eigenvalue weighted by Gasteiger charge is -2.27. The molecule has 1 aromatic rings. The molecule has 0 radical (unpaired) electrons. The highest BCUT2D eigenvalue weighted by Gasteiger charge is 2.32. The predicted octanol–water partition coefficient (Wildman–Crippen LogP) is 3.53. The minimum Gasteiger partial charge on any atom is -0.497 e. The van der Waals surface area contributed by atoms with E-state index in [1.807, 2.05) is 24.0 Å². The van der Waals surface area contributed by atoms with Gasteiger partial charge in [-0.15, -0.1) is 0 Å². The fraction of sp³-hybridized carbons (Fsp3) is 0.533. The van der Waals surface area contributed by atoms with Crippen LogP contribution in [0.5, 0.6) is 5.75 Å². The van der Waals surface area contributed by atoms with E-state index in [0.717, 1.165) is 31.6 Å². The van der Waals surface area contributed by atoms with Gasteiger partial charge < -0.3 is 9.64 Å². The number of methoxy groups -OCH3 is 1. The van der Waals surface area contributed by atoms with E-state index >= 15 is 0 Å². The maximum absolute atomic E-state index is 12.3. The van der Waals surface area contributed by atoms with Gasteiger partial charge in [-0.3, -0.25) is 4.79 Å². The molecule has 0 bridgehead atoms. The number of hydrogen-bond donors (Lipinski definition) is 0. The van der Waals surface area contributed by atoms with E-state index in [4.69, 9.17) is 4.74 Å². The second kappa shape index (κ2) is 6.42. The van der Waals surface area contributed by atoms with E-state index in [-0.39, 0.29) is 16.8 Å².